The molecule has 0 saturated heterocycles. The monoisotopic (exact) mass is 223 g/mol. The fourth-order valence-electron chi connectivity index (χ4n) is 1.61. The Bertz CT molecular complexity index is 428. The third-order valence-corrected chi connectivity index (χ3v) is 3.03. The molecule has 1 aromatic carbocycles. The summed E-state index contributed by atoms with van der Waals surface area (Å²) >= 11 is 6.15. The van der Waals surface area contributed by atoms with E-state index in [1.807, 2.05) is 39.0 Å². The van der Waals surface area contributed by atoms with Gasteiger partial charge in [0.15, 0.2) is 5.72 Å². The number of hydrogen-bond donors (Lipinski definition) is 0. The van der Waals surface area contributed by atoms with Crippen molar-refractivity contribution in [3.05, 3.63) is 29.3 Å². The van der Waals surface area contributed by atoms with Gasteiger partial charge in [0.1, 0.15) is 10.9 Å². The molecule has 2 nitrogen and oxygen atoms in total. The van der Waals surface area contributed by atoms with Gasteiger partial charge in [-0.1, -0.05) is 30.7 Å². The lowest BCUT2D eigenvalue weighted by Crippen LogP contribution is -2.34. The highest BCUT2D eigenvalue weighted by Gasteiger charge is 2.30. The Kier molecular flexibility index (Phi) is 2.47. The molecule has 0 bridgehead atoms. The van der Waals surface area contributed by atoms with Gasteiger partial charge in [0.05, 0.1) is 5.56 Å². The molecule has 0 radical (unpaired) electrons. The van der Waals surface area contributed by atoms with Crippen LogP contribution >= 0.6 is 11.6 Å². The number of hydrogen-bond acceptors (Lipinski definition) is 2. The molecule has 0 aliphatic carbocycles. The summed E-state index contributed by atoms with van der Waals surface area (Å²) in [5.74, 6) is 0.863. The van der Waals surface area contributed by atoms with Crippen molar-refractivity contribution >= 4 is 16.8 Å². The molecule has 1 heterocycles. The van der Waals surface area contributed by atoms with E-state index >= 15 is 0 Å². The fourth-order valence-corrected chi connectivity index (χ4v) is 1.94. The molecule has 1 atom stereocenters. The van der Waals surface area contributed by atoms with E-state index in [2.05, 4.69) is 4.99 Å². The summed E-state index contributed by atoms with van der Waals surface area (Å²) in [6, 6.07) is 5.91. The van der Waals surface area contributed by atoms with Crippen molar-refractivity contribution in [2.45, 2.75) is 32.9 Å². The van der Waals surface area contributed by atoms with Crippen LogP contribution in [-0.4, -0.2) is 10.9 Å². The highest BCUT2D eigenvalue weighted by atomic mass is 35.5. The van der Waals surface area contributed by atoms with Crippen molar-refractivity contribution < 1.29 is 4.74 Å². The molecule has 0 fully saturated rings. The standard InChI is InChI=1S/C12H14ClNO/c1-4-12(3)14-11(13)9-7-5-6-8(2)10(9)15-12/h5-7H,4H2,1-3H3. The third kappa shape index (κ3) is 1.74. The number of aryl methyl sites for hydroxylation is 1. The van der Waals surface area contributed by atoms with E-state index in [-0.39, 0.29) is 0 Å². The lowest BCUT2D eigenvalue weighted by Gasteiger charge is -2.31. The second-order valence-corrected chi connectivity index (χ2v) is 4.34. The molecule has 1 aliphatic heterocycles. The molecule has 2 rings (SSSR count). The summed E-state index contributed by atoms with van der Waals surface area (Å²) in [5, 5.41) is 0.546. The minimum Gasteiger partial charge on any atom is -0.465 e. The van der Waals surface area contributed by atoms with Crippen LogP contribution in [-0.2, 0) is 0 Å². The van der Waals surface area contributed by atoms with Crippen molar-refractivity contribution in [2.24, 2.45) is 4.99 Å². The number of halogens is 1. The molecule has 1 aromatic rings. The topological polar surface area (TPSA) is 21.6 Å². The minimum absolute atomic E-state index is 0.518. The lowest BCUT2D eigenvalue weighted by atomic mass is 10.1. The van der Waals surface area contributed by atoms with E-state index in [0.29, 0.717) is 5.17 Å². The zero-order chi connectivity index (χ0) is 11.1. The molecule has 0 aromatic heterocycles. The van der Waals surface area contributed by atoms with Crippen LogP contribution in [0.1, 0.15) is 31.4 Å². The summed E-state index contributed by atoms with van der Waals surface area (Å²) in [6.45, 7) is 6.01. The Balaban J connectivity index is 2.57. The number of benzene rings is 1. The van der Waals surface area contributed by atoms with Gasteiger partial charge in [0, 0.05) is 6.42 Å². The van der Waals surface area contributed by atoms with Crippen molar-refractivity contribution in [1.29, 1.82) is 0 Å². The van der Waals surface area contributed by atoms with E-state index < -0.39 is 5.72 Å². The highest BCUT2D eigenvalue weighted by Crippen LogP contribution is 2.35. The molecule has 0 amide bonds. The van der Waals surface area contributed by atoms with Gasteiger partial charge in [-0.3, -0.25) is 0 Å². The maximum Gasteiger partial charge on any atom is 0.198 e. The predicted molar refractivity (Wildman–Crippen MR) is 62.9 cm³/mol. The maximum atomic E-state index is 6.15. The zero-order valence-electron chi connectivity index (χ0n) is 9.17. The summed E-state index contributed by atoms with van der Waals surface area (Å²) in [6.07, 6.45) is 0.803. The van der Waals surface area contributed by atoms with Gasteiger partial charge in [-0.15, -0.1) is 0 Å². The largest absolute Gasteiger partial charge is 0.465 e. The number of ether oxygens (including phenoxy) is 1. The molecular formula is C12H14ClNO. The van der Waals surface area contributed by atoms with Gasteiger partial charge >= 0.3 is 0 Å². The average molecular weight is 224 g/mol. The van der Waals surface area contributed by atoms with Gasteiger partial charge in [-0.2, -0.15) is 0 Å². The van der Waals surface area contributed by atoms with Crippen LogP contribution in [0.3, 0.4) is 0 Å². The van der Waals surface area contributed by atoms with Crippen LogP contribution < -0.4 is 4.74 Å². The van der Waals surface area contributed by atoms with Gasteiger partial charge in [-0.05, 0) is 25.5 Å². The summed E-state index contributed by atoms with van der Waals surface area (Å²) < 4.78 is 5.90. The highest BCUT2D eigenvalue weighted by molar-refractivity contribution is 6.70. The quantitative estimate of drug-likeness (QED) is 0.714. The number of para-hydroxylation sites is 1. The first kappa shape index (κ1) is 10.5. The van der Waals surface area contributed by atoms with Crippen molar-refractivity contribution in [2.75, 3.05) is 0 Å². The molecule has 0 N–H and O–H groups in total. The van der Waals surface area contributed by atoms with E-state index in [0.717, 1.165) is 23.3 Å². The molecule has 1 unspecified atom stereocenters. The van der Waals surface area contributed by atoms with Gasteiger partial charge in [-0.25, -0.2) is 4.99 Å². The molecule has 1 aliphatic rings. The Morgan fingerprint density at radius 3 is 2.87 bits per heavy atom. The van der Waals surface area contributed by atoms with Crippen LogP contribution in [0.5, 0.6) is 5.75 Å². The second kappa shape index (κ2) is 3.53. The first-order valence-corrected chi connectivity index (χ1v) is 5.48. The van der Waals surface area contributed by atoms with Crippen LogP contribution in [0.25, 0.3) is 0 Å². The molecular weight excluding hydrogens is 210 g/mol. The second-order valence-electron chi connectivity index (χ2n) is 3.98. The Morgan fingerprint density at radius 2 is 2.20 bits per heavy atom. The zero-order valence-corrected chi connectivity index (χ0v) is 9.93. The van der Waals surface area contributed by atoms with E-state index in [1.54, 1.807) is 0 Å². The van der Waals surface area contributed by atoms with Gasteiger partial charge in [0.25, 0.3) is 0 Å². The van der Waals surface area contributed by atoms with Crippen molar-refractivity contribution in [3.63, 3.8) is 0 Å². The van der Waals surface area contributed by atoms with Crippen LogP contribution in [0, 0.1) is 6.92 Å². The number of rotatable bonds is 1. The summed E-state index contributed by atoms with van der Waals surface area (Å²) in [5.41, 5.74) is 1.47. The van der Waals surface area contributed by atoms with Crippen LogP contribution in [0.2, 0.25) is 0 Å². The Labute approximate surface area is 94.9 Å². The lowest BCUT2D eigenvalue weighted by molar-refractivity contribution is 0.0898. The van der Waals surface area contributed by atoms with Crippen LogP contribution in [0.4, 0.5) is 0 Å². The van der Waals surface area contributed by atoms with E-state index in [1.165, 1.54) is 0 Å². The molecule has 0 saturated carbocycles. The van der Waals surface area contributed by atoms with Crippen molar-refractivity contribution in [3.8, 4) is 5.75 Å². The fraction of sp³-hybridized carbons (Fsp3) is 0.417. The summed E-state index contributed by atoms with van der Waals surface area (Å²) in [7, 11) is 0. The van der Waals surface area contributed by atoms with Crippen molar-refractivity contribution in [1.82, 2.24) is 0 Å². The Morgan fingerprint density at radius 1 is 1.47 bits per heavy atom. The average Bonchev–Trinajstić information content (AvgIpc) is 2.20. The van der Waals surface area contributed by atoms with E-state index in [4.69, 9.17) is 16.3 Å². The molecule has 80 valence electrons. The van der Waals surface area contributed by atoms with E-state index in [9.17, 15) is 0 Å². The van der Waals surface area contributed by atoms with Gasteiger partial charge < -0.3 is 4.74 Å². The maximum absolute atomic E-state index is 6.15. The summed E-state index contributed by atoms with van der Waals surface area (Å²) in [4.78, 5) is 4.37. The van der Waals surface area contributed by atoms with Gasteiger partial charge in [0.2, 0.25) is 0 Å². The number of nitrogens with zero attached hydrogens (tertiary/aromatic N) is 1. The number of aliphatic imine (C=N–C) groups is 1. The van der Waals surface area contributed by atoms with Crippen LogP contribution in [0.15, 0.2) is 23.2 Å². The molecule has 15 heavy (non-hydrogen) atoms. The normalized spacial score (nSPS) is 24.1. The first-order valence-electron chi connectivity index (χ1n) is 5.10. The minimum atomic E-state index is -0.518. The SMILES string of the molecule is CCC1(C)N=C(Cl)c2cccc(C)c2O1. The first-order chi connectivity index (χ1) is 7.06. The third-order valence-electron chi connectivity index (χ3n) is 2.75. The predicted octanol–water partition coefficient (Wildman–Crippen LogP) is 3.50. The smallest absolute Gasteiger partial charge is 0.198 e. The molecule has 3 heteroatoms. The molecule has 0 spiro atoms. The number of fused-ring (bicyclic) bond motifs is 1. The Hall–Kier alpha value is -1.02.